The lowest BCUT2D eigenvalue weighted by molar-refractivity contribution is -0.138. The molecule has 2 heterocycles. The summed E-state index contributed by atoms with van der Waals surface area (Å²) >= 11 is 0. The zero-order valence-electron chi connectivity index (χ0n) is 17.0. The number of hydrogen-bond donors (Lipinski definition) is 2. The van der Waals surface area contributed by atoms with E-state index in [1.54, 1.807) is 13.4 Å². The molecule has 6 heteroatoms. The number of amides is 1. The number of para-hydroxylation sites is 1. The van der Waals surface area contributed by atoms with Crippen LogP contribution in [0.3, 0.4) is 0 Å². The molecule has 2 N–H and O–H groups in total. The predicted molar refractivity (Wildman–Crippen MR) is 109 cm³/mol. The van der Waals surface area contributed by atoms with E-state index in [-0.39, 0.29) is 24.4 Å². The molecule has 3 atom stereocenters. The molecule has 1 aromatic carbocycles. The van der Waals surface area contributed by atoms with Gasteiger partial charge in [0.25, 0.3) is 0 Å². The number of carbonyl (C=O) groups excluding carboxylic acids is 1. The van der Waals surface area contributed by atoms with Gasteiger partial charge in [-0.1, -0.05) is 31.0 Å². The number of hydrogen-bond acceptors (Lipinski definition) is 5. The van der Waals surface area contributed by atoms with Crippen molar-refractivity contribution in [1.82, 2.24) is 10.2 Å². The molecule has 2 fully saturated rings. The first-order valence-corrected chi connectivity index (χ1v) is 10.5. The number of likely N-dealkylation sites (tertiary alicyclic amines) is 1. The Balaban J connectivity index is 1.56. The van der Waals surface area contributed by atoms with Gasteiger partial charge in [-0.05, 0) is 37.5 Å². The molecule has 4 rings (SSSR count). The summed E-state index contributed by atoms with van der Waals surface area (Å²) in [6, 6.07) is 11.6. The summed E-state index contributed by atoms with van der Waals surface area (Å²) in [7, 11) is 1.68. The van der Waals surface area contributed by atoms with Gasteiger partial charge in [0.05, 0.1) is 32.1 Å². The Kier molecular flexibility index (Phi) is 5.92. The first kappa shape index (κ1) is 20.0. The Hall–Kier alpha value is -2.31. The molecule has 1 aromatic heterocycles. The first-order chi connectivity index (χ1) is 14.1. The summed E-state index contributed by atoms with van der Waals surface area (Å²) < 4.78 is 10.9. The highest BCUT2D eigenvalue weighted by Gasteiger charge is 2.49. The van der Waals surface area contributed by atoms with Crippen LogP contribution in [-0.2, 0) is 11.3 Å². The Labute approximate surface area is 171 Å². The molecule has 2 aliphatic rings. The highest BCUT2D eigenvalue weighted by molar-refractivity contribution is 5.78. The zero-order chi connectivity index (χ0) is 20.3. The Bertz CT molecular complexity index is 822. The average Bonchev–Trinajstić information content (AvgIpc) is 3.26. The largest absolute Gasteiger partial charge is 0.496 e. The van der Waals surface area contributed by atoms with Gasteiger partial charge >= 0.3 is 0 Å². The van der Waals surface area contributed by atoms with Crippen molar-refractivity contribution in [3.8, 4) is 5.75 Å². The topological polar surface area (TPSA) is 74.9 Å². The lowest BCUT2D eigenvalue weighted by atomic mass is 9.66. The van der Waals surface area contributed by atoms with E-state index in [0.29, 0.717) is 19.5 Å². The fourth-order valence-electron chi connectivity index (χ4n) is 5.08. The van der Waals surface area contributed by atoms with Crippen molar-refractivity contribution in [2.24, 2.45) is 5.92 Å². The van der Waals surface area contributed by atoms with Crippen LogP contribution in [0.25, 0.3) is 0 Å². The number of nitrogens with zero attached hydrogens (tertiary/aromatic N) is 1. The van der Waals surface area contributed by atoms with Crippen molar-refractivity contribution < 1.29 is 19.1 Å². The van der Waals surface area contributed by atoms with Crippen LogP contribution < -0.4 is 10.1 Å². The zero-order valence-corrected chi connectivity index (χ0v) is 17.0. The number of ether oxygens (including phenoxy) is 1. The molecule has 29 heavy (non-hydrogen) atoms. The highest BCUT2D eigenvalue weighted by Crippen LogP contribution is 2.50. The number of furan rings is 1. The second-order valence-electron chi connectivity index (χ2n) is 8.22. The fraction of sp³-hybridized carbons (Fsp3) is 0.522. The minimum absolute atomic E-state index is 0.0393. The minimum Gasteiger partial charge on any atom is -0.496 e. The van der Waals surface area contributed by atoms with E-state index in [4.69, 9.17) is 9.15 Å². The summed E-state index contributed by atoms with van der Waals surface area (Å²) in [5, 5.41) is 14.3. The lowest BCUT2D eigenvalue weighted by Crippen LogP contribution is -2.56. The summed E-state index contributed by atoms with van der Waals surface area (Å²) in [6.07, 6.45) is 6.28. The number of nitrogens with one attached hydrogen (secondary N) is 1. The van der Waals surface area contributed by atoms with Crippen LogP contribution in [0.1, 0.15) is 49.5 Å². The number of aliphatic hydroxyl groups is 1. The van der Waals surface area contributed by atoms with E-state index in [1.807, 2.05) is 30.3 Å². The predicted octanol–water partition coefficient (Wildman–Crippen LogP) is 3.27. The van der Waals surface area contributed by atoms with Crippen molar-refractivity contribution in [3.05, 3.63) is 54.0 Å². The summed E-state index contributed by atoms with van der Waals surface area (Å²) in [5.41, 5.74) is 0.393. The average molecular weight is 399 g/mol. The number of rotatable bonds is 6. The van der Waals surface area contributed by atoms with Gasteiger partial charge in [-0.15, -0.1) is 0 Å². The fourth-order valence-corrected chi connectivity index (χ4v) is 5.08. The van der Waals surface area contributed by atoms with Crippen LogP contribution in [0, 0.1) is 5.92 Å². The molecular weight excluding hydrogens is 368 g/mol. The monoisotopic (exact) mass is 398 g/mol. The molecule has 0 bridgehead atoms. The first-order valence-electron chi connectivity index (χ1n) is 10.5. The van der Waals surface area contributed by atoms with E-state index in [9.17, 15) is 9.90 Å². The molecule has 1 aliphatic heterocycles. The van der Waals surface area contributed by atoms with Crippen molar-refractivity contribution in [3.63, 3.8) is 0 Å². The Morgan fingerprint density at radius 1 is 1.28 bits per heavy atom. The maximum Gasteiger partial charge on any atom is 0.234 e. The van der Waals surface area contributed by atoms with Crippen LogP contribution in [0.4, 0.5) is 0 Å². The van der Waals surface area contributed by atoms with E-state index in [2.05, 4.69) is 16.3 Å². The highest BCUT2D eigenvalue weighted by atomic mass is 16.5. The minimum atomic E-state index is -0.662. The van der Waals surface area contributed by atoms with E-state index in [1.165, 1.54) is 0 Å². The van der Waals surface area contributed by atoms with E-state index >= 15 is 0 Å². The molecule has 1 saturated carbocycles. The van der Waals surface area contributed by atoms with Crippen molar-refractivity contribution in [1.29, 1.82) is 0 Å². The van der Waals surface area contributed by atoms with Crippen molar-refractivity contribution >= 4 is 5.91 Å². The number of benzene rings is 1. The van der Waals surface area contributed by atoms with Gasteiger partial charge in [0.1, 0.15) is 11.5 Å². The molecular formula is C23H30N2O4. The molecule has 1 aliphatic carbocycles. The molecule has 3 unspecified atom stereocenters. The van der Waals surface area contributed by atoms with Crippen LogP contribution in [0.15, 0.2) is 47.1 Å². The summed E-state index contributed by atoms with van der Waals surface area (Å²) in [6.45, 7) is 1.35. The maximum atomic E-state index is 12.7. The second kappa shape index (κ2) is 8.59. The quantitative estimate of drug-likeness (QED) is 0.781. The SMILES string of the molecule is COc1ccccc1C1C2CCCCC2(O)CCN1CC(=O)NCc1ccco1. The maximum absolute atomic E-state index is 12.7. The van der Waals surface area contributed by atoms with Gasteiger partial charge in [0.15, 0.2) is 0 Å². The molecule has 156 valence electrons. The molecule has 0 radical (unpaired) electrons. The van der Waals surface area contributed by atoms with E-state index in [0.717, 1.165) is 42.8 Å². The third kappa shape index (κ3) is 4.19. The third-order valence-electron chi connectivity index (χ3n) is 6.52. The van der Waals surface area contributed by atoms with Gasteiger partial charge in [-0.25, -0.2) is 0 Å². The van der Waals surface area contributed by atoms with Crippen molar-refractivity contribution in [2.45, 2.75) is 50.3 Å². The van der Waals surface area contributed by atoms with Crippen molar-refractivity contribution in [2.75, 3.05) is 20.2 Å². The lowest BCUT2D eigenvalue weighted by Gasteiger charge is -2.52. The summed E-state index contributed by atoms with van der Waals surface area (Å²) in [5.74, 6) is 1.61. The molecule has 0 spiro atoms. The van der Waals surface area contributed by atoms with Crippen LogP contribution in [0.5, 0.6) is 5.75 Å². The third-order valence-corrected chi connectivity index (χ3v) is 6.52. The molecule has 1 saturated heterocycles. The number of fused-ring (bicyclic) bond motifs is 1. The van der Waals surface area contributed by atoms with Gasteiger partial charge in [-0.3, -0.25) is 9.69 Å². The van der Waals surface area contributed by atoms with Gasteiger partial charge in [-0.2, -0.15) is 0 Å². The standard InChI is InChI=1S/C23H30N2O4/c1-28-20-10-3-2-8-18(20)22-19-9-4-5-11-23(19,27)12-13-25(22)16-21(26)24-15-17-7-6-14-29-17/h2-3,6-8,10,14,19,22,27H,4-5,9,11-13,15-16H2,1H3,(H,24,26). The Morgan fingerprint density at radius 3 is 2.93 bits per heavy atom. The smallest absolute Gasteiger partial charge is 0.234 e. The van der Waals surface area contributed by atoms with Crippen LogP contribution in [0.2, 0.25) is 0 Å². The molecule has 2 aromatic rings. The van der Waals surface area contributed by atoms with Gasteiger partial charge < -0.3 is 19.6 Å². The normalized spacial score (nSPS) is 27.2. The second-order valence-corrected chi connectivity index (χ2v) is 8.22. The number of methoxy groups -OCH3 is 1. The summed E-state index contributed by atoms with van der Waals surface area (Å²) in [4.78, 5) is 14.9. The molecule has 1 amide bonds. The van der Waals surface area contributed by atoms with E-state index < -0.39 is 5.60 Å². The Morgan fingerprint density at radius 2 is 2.14 bits per heavy atom. The van der Waals surface area contributed by atoms with Gasteiger partial charge in [0, 0.05) is 24.1 Å². The van der Waals surface area contributed by atoms with Crippen LogP contribution in [-0.4, -0.2) is 41.7 Å². The molecule has 6 nitrogen and oxygen atoms in total. The van der Waals surface area contributed by atoms with Gasteiger partial charge in [0.2, 0.25) is 5.91 Å². The van der Waals surface area contributed by atoms with Crippen LogP contribution >= 0.6 is 0 Å². The number of carbonyl (C=O) groups is 1. The number of piperidine rings is 1.